The fourth-order valence-electron chi connectivity index (χ4n) is 1.23. The number of benzene rings is 1. The molecule has 0 spiro atoms. The Morgan fingerprint density at radius 3 is 2.86 bits per heavy atom. The largest absolute Gasteiger partial charge is 0.312 e. The van der Waals surface area contributed by atoms with Gasteiger partial charge in [0.25, 0.3) is 0 Å². The number of hydrogen-bond donors (Lipinski definition) is 1. The van der Waals surface area contributed by atoms with Crippen LogP contribution in [0.15, 0.2) is 18.2 Å². The van der Waals surface area contributed by atoms with Crippen molar-refractivity contribution in [3.05, 3.63) is 34.6 Å². The lowest BCUT2D eigenvalue weighted by Crippen LogP contribution is -2.15. The van der Waals surface area contributed by atoms with Crippen molar-refractivity contribution >= 4 is 11.6 Å². The molecule has 0 aliphatic carbocycles. The van der Waals surface area contributed by atoms with Crippen LogP contribution in [0.2, 0.25) is 5.02 Å². The topological polar surface area (TPSA) is 12.0 Å². The highest BCUT2D eigenvalue weighted by atomic mass is 35.5. The Hall–Kier alpha value is -1.04. The Balaban J connectivity index is 2.95. The molecule has 0 fully saturated rings. The van der Waals surface area contributed by atoms with Crippen molar-refractivity contribution in [1.82, 2.24) is 5.32 Å². The number of hydrogen-bond acceptors (Lipinski definition) is 1. The summed E-state index contributed by atoms with van der Waals surface area (Å²) in [5, 5.41) is 3.17. The van der Waals surface area contributed by atoms with Crippen LogP contribution in [0.4, 0.5) is 4.39 Å². The summed E-state index contributed by atoms with van der Waals surface area (Å²) in [5.74, 6) is 2.14. The van der Waals surface area contributed by atoms with E-state index in [-0.39, 0.29) is 11.1 Å². The lowest BCUT2D eigenvalue weighted by atomic mass is 10.0. The van der Waals surface area contributed by atoms with Crippen LogP contribution in [0.5, 0.6) is 0 Å². The summed E-state index contributed by atoms with van der Waals surface area (Å²) in [6.45, 7) is 0. The number of terminal acetylenes is 1. The normalized spacial score (nSPS) is 12.1. The molecule has 3 heteroatoms. The number of rotatable bonds is 3. The molecule has 1 unspecified atom stereocenters. The second-order valence-electron chi connectivity index (χ2n) is 2.92. The monoisotopic (exact) mass is 211 g/mol. The van der Waals surface area contributed by atoms with E-state index >= 15 is 0 Å². The zero-order valence-electron chi connectivity index (χ0n) is 7.85. The third kappa shape index (κ3) is 2.47. The summed E-state index contributed by atoms with van der Waals surface area (Å²) in [7, 11) is 1.80. The molecular formula is C11H11ClFN. The molecule has 1 rings (SSSR count). The van der Waals surface area contributed by atoms with Crippen LogP contribution in [-0.4, -0.2) is 7.05 Å². The van der Waals surface area contributed by atoms with E-state index in [4.69, 9.17) is 18.0 Å². The summed E-state index contributed by atoms with van der Waals surface area (Å²) in [6.07, 6.45) is 5.77. The number of nitrogens with one attached hydrogen (secondary N) is 1. The van der Waals surface area contributed by atoms with Crippen molar-refractivity contribution in [2.45, 2.75) is 12.5 Å². The van der Waals surface area contributed by atoms with E-state index < -0.39 is 5.82 Å². The summed E-state index contributed by atoms with van der Waals surface area (Å²) in [6, 6.07) is 4.64. The van der Waals surface area contributed by atoms with E-state index in [0.29, 0.717) is 6.42 Å². The van der Waals surface area contributed by atoms with Gasteiger partial charge in [-0.3, -0.25) is 0 Å². The van der Waals surface area contributed by atoms with Crippen molar-refractivity contribution in [3.63, 3.8) is 0 Å². The maximum Gasteiger partial charge on any atom is 0.141 e. The molecular weight excluding hydrogens is 201 g/mol. The fraction of sp³-hybridized carbons (Fsp3) is 0.273. The van der Waals surface area contributed by atoms with Crippen molar-refractivity contribution < 1.29 is 4.39 Å². The maximum absolute atomic E-state index is 12.9. The summed E-state index contributed by atoms with van der Waals surface area (Å²) in [5.41, 5.74) is 0.900. The van der Waals surface area contributed by atoms with Gasteiger partial charge < -0.3 is 5.32 Å². The molecule has 1 N–H and O–H groups in total. The molecule has 0 radical (unpaired) electrons. The third-order valence-corrected chi connectivity index (χ3v) is 2.31. The van der Waals surface area contributed by atoms with Crippen LogP contribution >= 0.6 is 11.6 Å². The molecule has 1 atom stereocenters. The third-order valence-electron chi connectivity index (χ3n) is 2.02. The van der Waals surface area contributed by atoms with Gasteiger partial charge in [-0.05, 0) is 24.7 Å². The fourth-order valence-corrected chi connectivity index (χ4v) is 1.42. The maximum atomic E-state index is 12.9. The Kier molecular flexibility index (Phi) is 3.94. The van der Waals surface area contributed by atoms with Crippen molar-refractivity contribution in [2.24, 2.45) is 0 Å². The molecule has 0 amide bonds. The first-order chi connectivity index (χ1) is 6.69. The van der Waals surface area contributed by atoms with Gasteiger partial charge >= 0.3 is 0 Å². The minimum Gasteiger partial charge on any atom is -0.312 e. The molecule has 1 aromatic carbocycles. The molecule has 1 aromatic rings. The van der Waals surface area contributed by atoms with Gasteiger partial charge in [-0.25, -0.2) is 4.39 Å². The van der Waals surface area contributed by atoms with Crippen molar-refractivity contribution in [1.29, 1.82) is 0 Å². The zero-order chi connectivity index (χ0) is 10.6. The summed E-state index contributed by atoms with van der Waals surface area (Å²) < 4.78 is 12.9. The van der Waals surface area contributed by atoms with Crippen LogP contribution in [0.25, 0.3) is 0 Å². The average Bonchev–Trinajstić information content (AvgIpc) is 2.19. The van der Waals surface area contributed by atoms with Gasteiger partial charge in [0.2, 0.25) is 0 Å². The Morgan fingerprint density at radius 2 is 2.36 bits per heavy atom. The first-order valence-electron chi connectivity index (χ1n) is 4.24. The quantitative estimate of drug-likeness (QED) is 0.759. The minimum atomic E-state index is -0.411. The number of halogens is 2. The molecule has 0 saturated heterocycles. The molecule has 74 valence electrons. The van der Waals surface area contributed by atoms with E-state index in [0.717, 1.165) is 5.56 Å². The van der Waals surface area contributed by atoms with Gasteiger partial charge in [-0.2, -0.15) is 0 Å². The van der Waals surface area contributed by atoms with Gasteiger partial charge in [0.15, 0.2) is 0 Å². The first kappa shape index (κ1) is 11.0. The van der Waals surface area contributed by atoms with Crippen LogP contribution < -0.4 is 5.32 Å². The zero-order valence-corrected chi connectivity index (χ0v) is 8.61. The van der Waals surface area contributed by atoms with Crippen LogP contribution in [0.3, 0.4) is 0 Å². The Morgan fingerprint density at radius 1 is 1.64 bits per heavy atom. The molecule has 0 saturated carbocycles. The van der Waals surface area contributed by atoms with Gasteiger partial charge in [0.05, 0.1) is 5.02 Å². The van der Waals surface area contributed by atoms with E-state index in [1.165, 1.54) is 6.07 Å². The molecule has 0 aliphatic heterocycles. The Labute approximate surface area is 88.3 Å². The second-order valence-corrected chi connectivity index (χ2v) is 3.33. The second kappa shape index (κ2) is 4.99. The minimum absolute atomic E-state index is 0.0260. The van der Waals surface area contributed by atoms with Crippen molar-refractivity contribution in [3.8, 4) is 12.3 Å². The highest BCUT2D eigenvalue weighted by Crippen LogP contribution is 2.22. The first-order valence-corrected chi connectivity index (χ1v) is 4.62. The standard InChI is InChI=1S/C11H11ClFN/c1-3-4-11(14-2)8-5-6-10(13)9(12)7-8/h1,5-7,11,14H,4H2,2H3. The van der Waals surface area contributed by atoms with Gasteiger partial charge in [0, 0.05) is 12.5 Å². The lowest BCUT2D eigenvalue weighted by Gasteiger charge is -2.13. The average molecular weight is 212 g/mol. The van der Waals surface area contributed by atoms with Gasteiger partial charge in [-0.15, -0.1) is 12.3 Å². The molecule has 1 nitrogen and oxygen atoms in total. The predicted molar refractivity (Wildman–Crippen MR) is 56.7 cm³/mol. The molecule has 0 bridgehead atoms. The van der Waals surface area contributed by atoms with E-state index in [2.05, 4.69) is 11.2 Å². The predicted octanol–water partition coefficient (Wildman–Crippen LogP) is 2.76. The molecule has 0 aromatic heterocycles. The smallest absolute Gasteiger partial charge is 0.141 e. The Bertz CT molecular complexity index is 357. The SMILES string of the molecule is C#CCC(NC)c1ccc(F)c(Cl)c1. The van der Waals surface area contributed by atoms with E-state index in [1.54, 1.807) is 19.2 Å². The summed E-state index contributed by atoms with van der Waals surface area (Å²) >= 11 is 5.66. The van der Waals surface area contributed by atoms with Crippen LogP contribution in [-0.2, 0) is 0 Å². The lowest BCUT2D eigenvalue weighted by molar-refractivity contribution is 0.601. The molecule has 0 aliphatic rings. The van der Waals surface area contributed by atoms with Crippen LogP contribution in [0, 0.1) is 18.2 Å². The van der Waals surface area contributed by atoms with Gasteiger partial charge in [-0.1, -0.05) is 17.7 Å². The highest BCUT2D eigenvalue weighted by molar-refractivity contribution is 6.30. The van der Waals surface area contributed by atoms with Gasteiger partial charge in [0.1, 0.15) is 5.82 Å². The highest BCUT2D eigenvalue weighted by Gasteiger charge is 2.09. The van der Waals surface area contributed by atoms with Crippen LogP contribution in [0.1, 0.15) is 18.0 Å². The van der Waals surface area contributed by atoms with E-state index in [9.17, 15) is 4.39 Å². The summed E-state index contributed by atoms with van der Waals surface area (Å²) in [4.78, 5) is 0. The molecule has 0 heterocycles. The molecule has 14 heavy (non-hydrogen) atoms. The van der Waals surface area contributed by atoms with E-state index in [1.807, 2.05) is 0 Å². The van der Waals surface area contributed by atoms with Crippen molar-refractivity contribution in [2.75, 3.05) is 7.05 Å².